The van der Waals surface area contributed by atoms with Crippen molar-refractivity contribution in [1.82, 2.24) is 0 Å². The molecule has 2 aromatic carbocycles. The predicted molar refractivity (Wildman–Crippen MR) is 71.6 cm³/mol. The van der Waals surface area contributed by atoms with E-state index in [0.717, 1.165) is 0 Å². The molecule has 0 aliphatic carbocycles. The normalized spacial score (nSPS) is 8.86. The minimum atomic E-state index is -1.24. The van der Waals surface area contributed by atoms with Gasteiger partial charge in [0, 0.05) is 21.2 Å². The van der Waals surface area contributed by atoms with Crippen molar-refractivity contribution < 1.29 is 36.3 Å². The summed E-state index contributed by atoms with van der Waals surface area (Å²) in [6, 6.07) is 12.3. The van der Waals surface area contributed by atoms with Gasteiger partial charge in [-0.3, -0.25) is 0 Å². The summed E-state index contributed by atoms with van der Waals surface area (Å²) in [6.45, 7) is 0. The van der Waals surface area contributed by atoms with Crippen molar-refractivity contribution in [2.45, 2.75) is 0 Å². The van der Waals surface area contributed by atoms with E-state index in [-0.39, 0.29) is 37.7 Å². The van der Waals surface area contributed by atoms with Crippen LogP contribution >= 0.6 is 23.2 Å². The van der Waals surface area contributed by atoms with Crippen molar-refractivity contribution in [3.63, 3.8) is 0 Å². The van der Waals surface area contributed by atoms with E-state index in [4.69, 9.17) is 23.2 Å². The zero-order valence-corrected chi connectivity index (χ0v) is 12.8. The van der Waals surface area contributed by atoms with Crippen LogP contribution in [0.3, 0.4) is 0 Å². The molecule has 2 rings (SSSR count). The van der Waals surface area contributed by atoms with Crippen LogP contribution in [0.25, 0.3) is 0 Å². The molecule has 0 saturated heterocycles. The molecule has 0 fully saturated rings. The molecule has 112 valence electrons. The molecule has 0 saturated carbocycles. The molecule has 0 aliphatic heterocycles. The van der Waals surface area contributed by atoms with Gasteiger partial charge in [-0.25, -0.2) is 0 Å². The summed E-state index contributed by atoms with van der Waals surface area (Å²) in [5, 5.41) is 20.9. The van der Waals surface area contributed by atoms with Crippen LogP contribution in [0, 0.1) is 0 Å². The summed E-state index contributed by atoms with van der Waals surface area (Å²) in [6.07, 6.45) is 0. The number of carboxylic acid groups (broad SMARTS) is 2. The van der Waals surface area contributed by atoms with E-state index >= 15 is 0 Å². The van der Waals surface area contributed by atoms with Crippen molar-refractivity contribution in [2.24, 2.45) is 0 Å². The molecule has 0 bridgehead atoms. The molecule has 7 heteroatoms. The van der Waals surface area contributed by atoms with E-state index in [0.29, 0.717) is 0 Å². The second-order valence-electron chi connectivity index (χ2n) is 3.53. The average molecular weight is 370 g/mol. The third-order valence-corrected chi connectivity index (χ3v) is 2.85. The fraction of sp³-hybridized carbons (Fsp3) is 0. The summed E-state index contributed by atoms with van der Waals surface area (Å²) in [7, 11) is 0. The number of aromatic carboxylic acids is 2. The van der Waals surface area contributed by atoms with E-state index < -0.39 is 11.9 Å². The predicted octanol–water partition coefficient (Wildman–Crippen LogP) is 1.40. The quantitative estimate of drug-likeness (QED) is 0.749. The topological polar surface area (TPSA) is 80.3 Å². The van der Waals surface area contributed by atoms with Crippen LogP contribution in [0.1, 0.15) is 20.7 Å². The third-order valence-electron chi connectivity index (χ3n) is 2.19. The Kier molecular flexibility index (Phi) is 8.71. The summed E-state index contributed by atoms with van der Waals surface area (Å²) >= 11 is 11.0. The van der Waals surface area contributed by atoms with Crippen molar-refractivity contribution in [1.29, 1.82) is 0 Å². The number of rotatable bonds is 2. The minimum Gasteiger partial charge on any atom is -0.545 e. The van der Waals surface area contributed by atoms with Gasteiger partial charge in [-0.1, -0.05) is 59.6 Å². The zero-order valence-electron chi connectivity index (χ0n) is 10.3. The zero-order chi connectivity index (χ0) is 15.1. The smallest absolute Gasteiger partial charge is 0.545 e. The van der Waals surface area contributed by atoms with E-state index in [9.17, 15) is 19.8 Å². The van der Waals surface area contributed by atoms with Gasteiger partial charge in [0.05, 0.1) is 11.9 Å². The summed E-state index contributed by atoms with van der Waals surface area (Å²) in [5.74, 6) is -2.49. The molecule has 0 aliphatic rings. The van der Waals surface area contributed by atoms with Crippen molar-refractivity contribution in [3.05, 3.63) is 69.7 Å². The van der Waals surface area contributed by atoms with Gasteiger partial charge in [0.25, 0.3) is 0 Å². The maximum Gasteiger partial charge on any atom is 2.00 e. The van der Waals surface area contributed by atoms with E-state index in [2.05, 4.69) is 0 Å². The van der Waals surface area contributed by atoms with E-state index in [1.54, 1.807) is 24.3 Å². The monoisotopic (exact) mass is 368 g/mol. The molecule has 0 heterocycles. The standard InChI is InChI=1S/2C7H5ClO2.Ni/c2*8-6-4-2-1-3-5(6)7(9)10;/h2*1-4H,(H,9,10);/q;;+2/p-2. The van der Waals surface area contributed by atoms with Crippen molar-refractivity contribution in [2.75, 3.05) is 0 Å². The molecule has 0 atom stereocenters. The van der Waals surface area contributed by atoms with Gasteiger partial charge >= 0.3 is 16.5 Å². The maximum absolute atomic E-state index is 10.2. The Morgan fingerprint density at radius 1 is 0.714 bits per heavy atom. The molecular weight excluding hydrogens is 362 g/mol. The van der Waals surface area contributed by atoms with Gasteiger partial charge in [-0.05, 0) is 12.1 Å². The first-order valence-corrected chi connectivity index (χ1v) is 6.11. The third kappa shape index (κ3) is 6.17. The molecule has 21 heavy (non-hydrogen) atoms. The molecular formula is C14H8Cl2NiO4. The number of hydrogen-bond donors (Lipinski definition) is 0. The number of carbonyl (C=O) groups is 2. The van der Waals surface area contributed by atoms with Crippen molar-refractivity contribution in [3.8, 4) is 0 Å². The number of carboxylic acids is 2. The average Bonchev–Trinajstić information content (AvgIpc) is 2.40. The number of halogens is 2. The van der Waals surface area contributed by atoms with Gasteiger partial charge in [-0.2, -0.15) is 0 Å². The van der Waals surface area contributed by atoms with E-state index in [1.807, 2.05) is 0 Å². The Morgan fingerprint density at radius 3 is 1.19 bits per heavy atom. The van der Waals surface area contributed by atoms with Crippen molar-refractivity contribution >= 4 is 35.1 Å². The largest absolute Gasteiger partial charge is 2.00 e. The fourth-order valence-corrected chi connectivity index (χ4v) is 1.68. The number of benzene rings is 2. The Labute approximate surface area is 141 Å². The molecule has 0 aromatic heterocycles. The molecule has 4 nitrogen and oxygen atoms in total. The second kappa shape index (κ2) is 9.40. The van der Waals surface area contributed by atoms with Gasteiger partial charge in [0.2, 0.25) is 0 Å². The molecule has 0 radical (unpaired) electrons. The maximum atomic E-state index is 10.2. The Morgan fingerprint density at radius 2 is 1.00 bits per heavy atom. The first-order chi connectivity index (χ1) is 9.43. The Bertz CT molecular complexity index is 576. The molecule has 2 aromatic rings. The Balaban J connectivity index is 0.000000364. The van der Waals surface area contributed by atoms with Crippen LogP contribution in [-0.4, -0.2) is 11.9 Å². The van der Waals surface area contributed by atoms with Crippen LogP contribution < -0.4 is 10.2 Å². The van der Waals surface area contributed by atoms with Crippen LogP contribution in [0.5, 0.6) is 0 Å². The Hall–Kier alpha value is -1.55. The second-order valence-corrected chi connectivity index (χ2v) is 4.35. The van der Waals surface area contributed by atoms with Gasteiger partial charge < -0.3 is 19.8 Å². The van der Waals surface area contributed by atoms with Gasteiger partial charge in [-0.15, -0.1) is 0 Å². The molecule has 0 unspecified atom stereocenters. The summed E-state index contributed by atoms with van der Waals surface area (Å²) < 4.78 is 0. The van der Waals surface area contributed by atoms with E-state index in [1.165, 1.54) is 24.3 Å². The van der Waals surface area contributed by atoms with Gasteiger partial charge in [0.1, 0.15) is 0 Å². The summed E-state index contributed by atoms with van der Waals surface area (Å²) in [5.41, 5.74) is 0.0633. The molecule has 0 spiro atoms. The SMILES string of the molecule is O=C([O-])c1ccccc1Cl.O=C([O-])c1ccccc1Cl.[Ni+2]. The van der Waals surface area contributed by atoms with Gasteiger partial charge in [0.15, 0.2) is 0 Å². The number of carbonyl (C=O) groups excluding carboxylic acids is 2. The van der Waals surface area contributed by atoms with Crippen LogP contribution in [0.15, 0.2) is 48.5 Å². The number of hydrogen-bond acceptors (Lipinski definition) is 4. The van der Waals surface area contributed by atoms with Crippen LogP contribution in [0.2, 0.25) is 10.0 Å². The van der Waals surface area contributed by atoms with Crippen LogP contribution in [0.4, 0.5) is 0 Å². The summed E-state index contributed by atoms with van der Waals surface area (Å²) in [4.78, 5) is 20.5. The first kappa shape index (κ1) is 19.5. The fourth-order valence-electron chi connectivity index (χ4n) is 1.25. The molecule has 0 N–H and O–H groups in total. The molecule has 0 amide bonds. The van der Waals surface area contributed by atoms with Crippen LogP contribution in [-0.2, 0) is 16.5 Å². The minimum absolute atomic E-state index is 0. The first-order valence-electron chi connectivity index (χ1n) is 5.35.